The fourth-order valence-electron chi connectivity index (χ4n) is 3.56. The van der Waals surface area contributed by atoms with Crippen LogP contribution >= 0.6 is 0 Å². The first-order valence-corrected chi connectivity index (χ1v) is 8.81. The second-order valence-corrected chi connectivity index (χ2v) is 6.83. The van der Waals surface area contributed by atoms with Gasteiger partial charge in [0.05, 0.1) is 11.3 Å². The van der Waals surface area contributed by atoms with Crippen molar-refractivity contribution in [3.63, 3.8) is 0 Å². The summed E-state index contributed by atoms with van der Waals surface area (Å²) in [6.07, 6.45) is 0.654. The summed E-state index contributed by atoms with van der Waals surface area (Å²) < 4.78 is 40.7. The molecule has 0 amide bonds. The summed E-state index contributed by atoms with van der Waals surface area (Å²) in [6, 6.07) is 5.95. The zero-order chi connectivity index (χ0) is 19.0. The number of nitrogens with zero attached hydrogens (tertiary/aromatic N) is 3. The van der Waals surface area contributed by atoms with Crippen LogP contribution in [-0.2, 0) is 6.18 Å². The Kier molecular flexibility index (Phi) is 4.47. The number of fused-ring (bicyclic) bond motifs is 1. The van der Waals surface area contributed by atoms with E-state index in [1.54, 1.807) is 12.1 Å². The standard InChI is InChI=1S/C18H19F3N6.2H2/c19-18(20,21)13-6-7-14(24-11-4-1-3-10(22)9-11)25-16(13)15-12-5-2-8-23-17(12)27-26-15;;/h2,5-8,10-11H,1,3-4,9,22H2,(H,24,25)(H,23,26,27);2*1H. The van der Waals surface area contributed by atoms with Crippen LogP contribution in [0.3, 0.4) is 0 Å². The van der Waals surface area contributed by atoms with Crippen molar-refractivity contribution < 1.29 is 16.0 Å². The highest BCUT2D eigenvalue weighted by Crippen LogP contribution is 2.38. The van der Waals surface area contributed by atoms with E-state index in [-0.39, 0.29) is 26.3 Å². The molecule has 9 heteroatoms. The topological polar surface area (TPSA) is 92.5 Å². The number of hydrogen-bond acceptors (Lipinski definition) is 5. The molecule has 4 rings (SSSR count). The number of nitrogens with two attached hydrogens (primary N) is 1. The highest BCUT2D eigenvalue weighted by Gasteiger charge is 2.36. The molecular formula is C18H23F3N6. The maximum absolute atomic E-state index is 13.6. The molecule has 1 saturated carbocycles. The van der Waals surface area contributed by atoms with Gasteiger partial charge in [0.2, 0.25) is 0 Å². The Bertz CT molecular complexity index is 962. The number of halogens is 3. The van der Waals surface area contributed by atoms with E-state index < -0.39 is 11.7 Å². The number of H-pyrrole nitrogens is 1. The monoisotopic (exact) mass is 380 g/mol. The fourth-order valence-corrected chi connectivity index (χ4v) is 3.56. The molecular weight excluding hydrogens is 357 g/mol. The lowest BCUT2D eigenvalue weighted by Crippen LogP contribution is -2.35. The average molecular weight is 380 g/mol. The van der Waals surface area contributed by atoms with E-state index in [1.165, 1.54) is 12.3 Å². The number of anilines is 1. The minimum atomic E-state index is -4.53. The zero-order valence-electron chi connectivity index (χ0n) is 14.4. The molecule has 4 N–H and O–H groups in total. The highest BCUT2D eigenvalue weighted by atomic mass is 19.4. The smallest absolute Gasteiger partial charge is 0.367 e. The molecule has 1 fully saturated rings. The zero-order valence-corrected chi connectivity index (χ0v) is 14.4. The third-order valence-electron chi connectivity index (χ3n) is 4.83. The Labute approximate surface area is 156 Å². The molecule has 1 aliphatic carbocycles. The van der Waals surface area contributed by atoms with E-state index in [1.807, 2.05) is 0 Å². The van der Waals surface area contributed by atoms with Gasteiger partial charge in [0, 0.05) is 26.5 Å². The van der Waals surface area contributed by atoms with Gasteiger partial charge in [-0.15, -0.1) is 0 Å². The second-order valence-electron chi connectivity index (χ2n) is 6.83. The molecule has 2 unspecified atom stereocenters. The van der Waals surface area contributed by atoms with Gasteiger partial charge in [-0.3, -0.25) is 5.10 Å². The summed E-state index contributed by atoms with van der Waals surface area (Å²) in [5, 5.41) is 10.4. The van der Waals surface area contributed by atoms with Crippen LogP contribution in [0.1, 0.15) is 34.1 Å². The predicted molar refractivity (Wildman–Crippen MR) is 100 cm³/mol. The minimum absolute atomic E-state index is 0. The van der Waals surface area contributed by atoms with E-state index >= 15 is 0 Å². The lowest BCUT2D eigenvalue weighted by molar-refractivity contribution is -0.137. The number of rotatable bonds is 3. The van der Waals surface area contributed by atoms with Gasteiger partial charge >= 0.3 is 6.18 Å². The minimum Gasteiger partial charge on any atom is -0.367 e. The van der Waals surface area contributed by atoms with Crippen LogP contribution < -0.4 is 11.1 Å². The van der Waals surface area contributed by atoms with Gasteiger partial charge < -0.3 is 11.1 Å². The van der Waals surface area contributed by atoms with Crippen molar-refractivity contribution in [2.75, 3.05) is 5.32 Å². The number of pyridine rings is 2. The molecule has 146 valence electrons. The normalized spacial score (nSPS) is 20.7. The molecule has 0 aromatic carbocycles. The predicted octanol–water partition coefficient (Wildman–Crippen LogP) is 4.21. The van der Waals surface area contributed by atoms with Crippen LogP contribution in [0.4, 0.5) is 19.0 Å². The molecule has 2 atom stereocenters. The maximum atomic E-state index is 13.6. The summed E-state index contributed by atoms with van der Waals surface area (Å²) in [7, 11) is 0. The average Bonchev–Trinajstić information content (AvgIpc) is 3.05. The van der Waals surface area contributed by atoms with E-state index in [0.717, 1.165) is 31.7 Å². The molecule has 3 heterocycles. The number of aromatic amines is 1. The molecule has 27 heavy (non-hydrogen) atoms. The van der Waals surface area contributed by atoms with Gasteiger partial charge in [-0.05, 0) is 49.9 Å². The van der Waals surface area contributed by atoms with E-state index in [9.17, 15) is 13.2 Å². The lowest BCUT2D eigenvalue weighted by atomic mass is 9.91. The second kappa shape index (κ2) is 6.80. The Morgan fingerprint density at radius 2 is 2.07 bits per heavy atom. The van der Waals surface area contributed by atoms with Crippen molar-refractivity contribution in [2.24, 2.45) is 5.73 Å². The molecule has 0 bridgehead atoms. The largest absolute Gasteiger partial charge is 0.418 e. The van der Waals surface area contributed by atoms with E-state index in [2.05, 4.69) is 25.5 Å². The van der Waals surface area contributed by atoms with Crippen molar-refractivity contribution in [3.8, 4) is 11.4 Å². The van der Waals surface area contributed by atoms with Crippen LogP contribution in [0.15, 0.2) is 30.5 Å². The van der Waals surface area contributed by atoms with Gasteiger partial charge in [0.1, 0.15) is 11.5 Å². The summed E-state index contributed by atoms with van der Waals surface area (Å²) in [5.41, 5.74) is 5.54. The summed E-state index contributed by atoms with van der Waals surface area (Å²) in [5.74, 6) is 0.392. The van der Waals surface area contributed by atoms with Crippen LogP contribution in [0.25, 0.3) is 22.4 Å². The quantitative estimate of drug-likeness (QED) is 0.633. The SMILES string of the molecule is NC1CCCC(Nc2ccc(C(F)(F)F)c(-c3[nH]nc4ncccc34)n2)C1.[HH].[HH]. The highest BCUT2D eigenvalue weighted by molar-refractivity contribution is 5.90. The molecule has 3 aromatic rings. The third-order valence-corrected chi connectivity index (χ3v) is 4.83. The van der Waals surface area contributed by atoms with Crippen LogP contribution in [0.2, 0.25) is 0 Å². The number of alkyl halides is 3. The van der Waals surface area contributed by atoms with Gasteiger partial charge in [-0.1, -0.05) is 0 Å². The number of hydrogen-bond donors (Lipinski definition) is 3. The Morgan fingerprint density at radius 1 is 1.22 bits per heavy atom. The maximum Gasteiger partial charge on any atom is 0.418 e. The summed E-state index contributed by atoms with van der Waals surface area (Å²) in [6.45, 7) is 0. The Hall–Kier alpha value is -2.68. The van der Waals surface area contributed by atoms with E-state index in [4.69, 9.17) is 5.73 Å². The van der Waals surface area contributed by atoms with Gasteiger partial charge in [0.25, 0.3) is 0 Å². The van der Waals surface area contributed by atoms with Crippen molar-refractivity contribution in [1.29, 1.82) is 0 Å². The fraction of sp³-hybridized carbons (Fsp3) is 0.389. The van der Waals surface area contributed by atoms with Crippen molar-refractivity contribution >= 4 is 16.9 Å². The number of nitrogens with one attached hydrogen (secondary N) is 2. The molecule has 0 saturated heterocycles. The van der Waals surface area contributed by atoms with Crippen molar-refractivity contribution in [1.82, 2.24) is 20.2 Å². The molecule has 6 nitrogen and oxygen atoms in total. The Balaban J connectivity index is 0.00000150. The van der Waals surface area contributed by atoms with Crippen LogP contribution in [0, 0.1) is 0 Å². The lowest BCUT2D eigenvalue weighted by Gasteiger charge is -2.28. The third kappa shape index (κ3) is 3.59. The first kappa shape index (κ1) is 17.7. The first-order valence-electron chi connectivity index (χ1n) is 8.81. The molecule has 1 aliphatic rings. The van der Waals surface area contributed by atoms with Crippen LogP contribution in [0.5, 0.6) is 0 Å². The molecule has 0 aliphatic heterocycles. The van der Waals surface area contributed by atoms with Crippen molar-refractivity contribution in [3.05, 3.63) is 36.0 Å². The van der Waals surface area contributed by atoms with Gasteiger partial charge in [0.15, 0.2) is 5.65 Å². The molecule has 3 aromatic heterocycles. The van der Waals surface area contributed by atoms with Gasteiger partial charge in [-0.25, -0.2) is 9.97 Å². The first-order chi connectivity index (χ1) is 12.9. The molecule has 0 radical (unpaired) electrons. The Morgan fingerprint density at radius 3 is 2.85 bits per heavy atom. The summed E-state index contributed by atoms with van der Waals surface area (Å²) in [4.78, 5) is 8.34. The van der Waals surface area contributed by atoms with Crippen LogP contribution in [-0.4, -0.2) is 32.2 Å². The summed E-state index contributed by atoms with van der Waals surface area (Å²) >= 11 is 0. The van der Waals surface area contributed by atoms with Crippen molar-refractivity contribution in [2.45, 2.75) is 43.9 Å². The van der Waals surface area contributed by atoms with E-state index in [0.29, 0.717) is 16.9 Å². The van der Waals surface area contributed by atoms with Gasteiger partial charge in [-0.2, -0.15) is 18.3 Å². The number of aromatic nitrogens is 4. The molecule has 0 spiro atoms.